The summed E-state index contributed by atoms with van der Waals surface area (Å²) in [7, 11) is 0. The Morgan fingerprint density at radius 3 is 2.39 bits per heavy atom. The molecular formula is C16H31NO. The Morgan fingerprint density at radius 1 is 1.11 bits per heavy atom. The van der Waals surface area contributed by atoms with Crippen molar-refractivity contribution in [3.63, 3.8) is 0 Å². The van der Waals surface area contributed by atoms with Crippen molar-refractivity contribution >= 4 is 0 Å². The van der Waals surface area contributed by atoms with E-state index < -0.39 is 0 Å². The molecule has 2 rings (SSSR count). The van der Waals surface area contributed by atoms with Crippen molar-refractivity contribution in [1.29, 1.82) is 0 Å². The molecule has 106 valence electrons. The third-order valence-corrected chi connectivity index (χ3v) is 5.15. The van der Waals surface area contributed by atoms with Gasteiger partial charge in [0.2, 0.25) is 0 Å². The van der Waals surface area contributed by atoms with E-state index in [9.17, 15) is 0 Å². The molecule has 2 N–H and O–H groups in total. The number of ether oxygens (including phenoxy) is 1. The smallest absolute Gasteiger partial charge is 0.0728 e. The van der Waals surface area contributed by atoms with Crippen LogP contribution in [-0.4, -0.2) is 18.8 Å². The average molecular weight is 253 g/mol. The van der Waals surface area contributed by atoms with Gasteiger partial charge in [-0.15, -0.1) is 0 Å². The van der Waals surface area contributed by atoms with E-state index in [0.29, 0.717) is 11.5 Å². The molecule has 0 bridgehead atoms. The van der Waals surface area contributed by atoms with Crippen LogP contribution < -0.4 is 5.73 Å². The van der Waals surface area contributed by atoms with Crippen molar-refractivity contribution in [2.45, 2.75) is 77.9 Å². The Balaban J connectivity index is 1.74. The molecule has 2 fully saturated rings. The average Bonchev–Trinajstić information content (AvgIpc) is 2.22. The minimum Gasteiger partial charge on any atom is -0.377 e. The second kappa shape index (κ2) is 5.92. The minimum atomic E-state index is 0.269. The molecule has 2 heteroatoms. The summed E-state index contributed by atoms with van der Waals surface area (Å²) < 4.78 is 6.10. The summed E-state index contributed by atoms with van der Waals surface area (Å²) >= 11 is 0. The second-order valence-corrected chi connectivity index (χ2v) is 7.53. The summed E-state index contributed by atoms with van der Waals surface area (Å²) in [4.78, 5) is 0. The SMILES string of the molecule is CC(C)(C)C1CCC(N)C(OCCC2CCC2)C1. The van der Waals surface area contributed by atoms with Gasteiger partial charge in [0.05, 0.1) is 6.10 Å². The van der Waals surface area contributed by atoms with Gasteiger partial charge in [-0.3, -0.25) is 0 Å². The van der Waals surface area contributed by atoms with Gasteiger partial charge in [-0.05, 0) is 42.9 Å². The summed E-state index contributed by atoms with van der Waals surface area (Å²) in [6.45, 7) is 7.97. The van der Waals surface area contributed by atoms with E-state index >= 15 is 0 Å². The molecule has 0 aliphatic heterocycles. The topological polar surface area (TPSA) is 35.2 Å². The van der Waals surface area contributed by atoms with Crippen molar-refractivity contribution in [3.8, 4) is 0 Å². The van der Waals surface area contributed by atoms with Crippen molar-refractivity contribution in [3.05, 3.63) is 0 Å². The highest BCUT2D eigenvalue weighted by molar-refractivity contribution is 4.88. The largest absolute Gasteiger partial charge is 0.377 e. The van der Waals surface area contributed by atoms with Gasteiger partial charge in [0, 0.05) is 12.6 Å². The molecule has 3 atom stereocenters. The van der Waals surface area contributed by atoms with E-state index in [4.69, 9.17) is 10.5 Å². The van der Waals surface area contributed by atoms with Crippen LogP contribution in [0, 0.1) is 17.3 Å². The van der Waals surface area contributed by atoms with E-state index in [1.165, 1.54) is 32.1 Å². The summed E-state index contributed by atoms with van der Waals surface area (Å²) in [6, 6.07) is 0.269. The second-order valence-electron chi connectivity index (χ2n) is 7.53. The predicted octanol–water partition coefficient (Wildman–Crippen LogP) is 3.74. The molecule has 0 aromatic rings. The normalized spacial score (nSPS) is 34.3. The van der Waals surface area contributed by atoms with Gasteiger partial charge >= 0.3 is 0 Å². The van der Waals surface area contributed by atoms with Crippen LogP contribution in [0.2, 0.25) is 0 Å². The summed E-state index contributed by atoms with van der Waals surface area (Å²) in [5.74, 6) is 1.72. The summed E-state index contributed by atoms with van der Waals surface area (Å²) in [5.41, 5.74) is 6.62. The lowest BCUT2D eigenvalue weighted by Crippen LogP contribution is -2.44. The highest BCUT2D eigenvalue weighted by Gasteiger charge is 2.35. The first kappa shape index (κ1) is 14.3. The molecule has 18 heavy (non-hydrogen) atoms. The summed E-state index contributed by atoms with van der Waals surface area (Å²) in [6.07, 6.45) is 9.40. The van der Waals surface area contributed by atoms with E-state index in [-0.39, 0.29) is 6.04 Å². The molecule has 2 aliphatic rings. The highest BCUT2D eigenvalue weighted by Crippen LogP contribution is 2.38. The monoisotopic (exact) mass is 253 g/mol. The lowest BCUT2D eigenvalue weighted by molar-refractivity contribution is -0.0260. The van der Waals surface area contributed by atoms with Crippen LogP contribution in [0.25, 0.3) is 0 Å². The van der Waals surface area contributed by atoms with Gasteiger partial charge < -0.3 is 10.5 Å². The standard InChI is InChI=1S/C16H31NO/c1-16(2,3)13-7-8-14(17)15(11-13)18-10-9-12-5-4-6-12/h12-15H,4-11,17H2,1-3H3. The maximum absolute atomic E-state index is 6.22. The van der Waals surface area contributed by atoms with Gasteiger partial charge in [-0.1, -0.05) is 40.0 Å². The highest BCUT2D eigenvalue weighted by atomic mass is 16.5. The first-order valence-electron chi connectivity index (χ1n) is 7.84. The van der Waals surface area contributed by atoms with Crippen molar-refractivity contribution < 1.29 is 4.74 Å². The predicted molar refractivity (Wildman–Crippen MR) is 76.5 cm³/mol. The number of nitrogens with two attached hydrogens (primary N) is 1. The Morgan fingerprint density at radius 2 is 1.83 bits per heavy atom. The van der Waals surface area contributed by atoms with Crippen LogP contribution in [0.15, 0.2) is 0 Å². The van der Waals surface area contributed by atoms with Crippen LogP contribution in [0.4, 0.5) is 0 Å². The zero-order valence-electron chi connectivity index (χ0n) is 12.5. The molecule has 0 spiro atoms. The molecule has 0 heterocycles. The van der Waals surface area contributed by atoms with Gasteiger partial charge in [0.15, 0.2) is 0 Å². The fourth-order valence-corrected chi connectivity index (χ4v) is 3.30. The van der Waals surface area contributed by atoms with Crippen LogP contribution in [0.1, 0.15) is 65.7 Å². The van der Waals surface area contributed by atoms with Crippen LogP contribution in [0.3, 0.4) is 0 Å². The van der Waals surface area contributed by atoms with Crippen LogP contribution in [-0.2, 0) is 4.74 Å². The minimum absolute atomic E-state index is 0.269. The molecule has 0 radical (unpaired) electrons. The first-order chi connectivity index (χ1) is 8.47. The van der Waals surface area contributed by atoms with E-state index in [1.807, 2.05) is 0 Å². The lowest BCUT2D eigenvalue weighted by atomic mass is 9.70. The van der Waals surface area contributed by atoms with E-state index in [0.717, 1.165) is 31.3 Å². The molecule has 2 saturated carbocycles. The van der Waals surface area contributed by atoms with E-state index in [1.54, 1.807) is 0 Å². The molecular weight excluding hydrogens is 222 g/mol. The summed E-state index contributed by atoms with van der Waals surface area (Å²) in [5, 5.41) is 0. The third kappa shape index (κ3) is 3.71. The fraction of sp³-hybridized carbons (Fsp3) is 1.00. The number of rotatable bonds is 4. The van der Waals surface area contributed by atoms with Crippen LogP contribution in [0.5, 0.6) is 0 Å². The van der Waals surface area contributed by atoms with Gasteiger partial charge in [0.25, 0.3) is 0 Å². The zero-order chi connectivity index (χ0) is 13.2. The molecule has 2 nitrogen and oxygen atoms in total. The Bertz CT molecular complexity index is 254. The Kier molecular flexibility index (Phi) is 4.71. The molecule has 0 aromatic carbocycles. The number of hydrogen-bond donors (Lipinski definition) is 1. The number of hydrogen-bond acceptors (Lipinski definition) is 2. The van der Waals surface area contributed by atoms with Crippen molar-refractivity contribution in [2.24, 2.45) is 23.0 Å². The van der Waals surface area contributed by atoms with Crippen molar-refractivity contribution in [2.75, 3.05) is 6.61 Å². The van der Waals surface area contributed by atoms with Gasteiger partial charge in [-0.2, -0.15) is 0 Å². The maximum atomic E-state index is 6.22. The maximum Gasteiger partial charge on any atom is 0.0728 e. The molecule has 0 amide bonds. The third-order valence-electron chi connectivity index (χ3n) is 5.15. The molecule has 3 unspecified atom stereocenters. The zero-order valence-corrected chi connectivity index (χ0v) is 12.5. The molecule has 0 aromatic heterocycles. The van der Waals surface area contributed by atoms with Gasteiger partial charge in [-0.25, -0.2) is 0 Å². The quantitative estimate of drug-likeness (QED) is 0.828. The Labute approximate surface area is 113 Å². The van der Waals surface area contributed by atoms with Crippen molar-refractivity contribution in [1.82, 2.24) is 0 Å². The molecule has 0 saturated heterocycles. The Hall–Kier alpha value is -0.0800. The first-order valence-corrected chi connectivity index (χ1v) is 7.84. The molecule has 2 aliphatic carbocycles. The fourth-order valence-electron chi connectivity index (χ4n) is 3.30. The van der Waals surface area contributed by atoms with Crippen LogP contribution >= 0.6 is 0 Å². The lowest BCUT2D eigenvalue weighted by Gasteiger charge is -2.40. The van der Waals surface area contributed by atoms with Gasteiger partial charge in [0.1, 0.15) is 0 Å². The van der Waals surface area contributed by atoms with E-state index in [2.05, 4.69) is 20.8 Å².